The molecule has 0 heterocycles. The van der Waals surface area contributed by atoms with Gasteiger partial charge < -0.3 is 19.6 Å². The van der Waals surface area contributed by atoms with Crippen molar-refractivity contribution in [3.8, 4) is 0 Å². The van der Waals surface area contributed by atoms with Gasteiger partial charge in [0.25, 0.3) is 0 Å². The van der Waals surface area contributed by atoms with E-state index in [1.165, 1.54) is 0 Å². The molecule has 7 heteroatoms. The second-order valence-corrected chi connectivity index (χ2v) is 5.40. The molecule has 90 valence electrons. The second-order valence-electron chi connectivity index (χ2n) is 3.34. The minimum atomic E-state index is -2.05. The lowest BCUT2D eigenvalue weighted by atomic mass is 10.2. The molecule has 0 aliphatic heterocycles. The van der Waals surface area contributed by atoms with Crippen LogP contribution in [0.2, 0.25) is 0 Å². The van der Waals surface area contributed by atoms with Gasteiger partial charge in [-0.3, -0.25) is 4.90 Å². The Labute approximate surface area is 96.8 Å². The van der Waals surface area contributed by atoms with Crippen molar-refractivity contribution in [3.63, 3.8) is 0 Å². The molecule has 1 aromatic carbocycles. The van der Waals surface area contributed by atoms with Gasteiger partial charge in [-0.05, 0) is 5.56 Å². The summed E-state index contributed by atoms with van der Waals surface area (Å²) in [7, 11) is -4.11. The Kier molecular flexibility index (Phi) is 6.32. The van der Waals surface area contributed by atoms with Crippen LogP contribution in [0.5, 0.6) is 0 Å². The first-order valence-electron chi connectivity index (χ1n) is 4.65. The molecule has 5 nitrogen and oxygen atoms in total. The van der Waals surface area contributed by atoms with Gasteiger partial charge in [-0.2, -0.15) is 0 Å². The topological polar surface area (TPSA) is 84.2 Å². The zero-order chi connectivity index (χ0) is 12.0. The molecule has 0 aliphatic rings. The van der Waals surface area contributed by atoms with Crippen LogP contribution < -0.4 is 0 Å². The molecule has 4 N–H and O–H groups in total. The van der Waals surface area contributed by atoms with Crippen molar-refractivity contribution >= 4 is 16.8 Å². The molecular weight excluding hydrogens is 248 g/mol. The van der Waals surface area contributed by atoms with Crippen molar-refractivity contribution in [2.24, 2.45) is 0 Å². The molecular formula is C9H15NO4P2. The largest absolute Gasteiger partial charge is 0.349 e. The van der Waals surface area contributed by atoms with Gasteiger partial charge in [0.2, 0.25) is 0 Å². The van der Waals surface area contributed by atoms with E-state index in [4.69, 9.17) is 19.6 Å². The fraction of sp³-hybridized carbons (Fsp3) is 0.333. The summed E-state index contributed by atoms with van der Waals surface area (Å²) in [6, 6.07) is 9.47. The van der Waals surface area contributed by atoms with E-state index in [-0.39, 0.29) is 12.6 Å². The molecule has 0 saturated heterocycles. The van der Waals surface area contributed by atoms with E-state index in [9.17, 15) is 0 Å². The maximum atomic E-state index is 8.94. The minimum Gasteiger partial charge on any atom is -0.349 e. The van der Waals surface area contributed by atoms with Crippen LogP contribution >= 0.6 is 16.8 Å². The highest BCUT2D eigenvalue weighted by Gasteiger charge is 2.14. The van der Waals surface area contributed by atoms with Crippen molar-refractivity contribution < 1.29 is 19.6 Å². The summed E-state index contributed by atoms with van der Waals surface area (Å²) >= 11 is 0. The Morgan fingerprint density at radius 2 is 1.38 bits per heavy atom. The normalized spacial score (nSPS) is 11.7. The number of nitrogens with zero attached hydrogens (tertiary/aromatic N) is 1. The predicted molar refractivity (Wildman–Crippen MR) is 64.4 cm³/mol. The van der Waals surface area contributed by atoms with Crippen molar-refractivity contribution in [2.45, 2.75) is 6.54 Å². The van der Waals surface area contributed by atoms with Gasteiger partial charge in [0.15, 0.2) is 16.8 Å². The molecule has 0 radical (unpaired) electrons. The first-order chi connectivity index (χ1) is 7.58. The van der Waals surface area contributed by atoms with Crippen LogP contribution in [0.15, 0.2) is 30.3 Å². The maximum Gasteiger partial charge on any atom is 0.180 e. The lowest BCUT2D eigenvalue weighted by Crippen LogP contribution is -2.23. The number of hydrogen-bond acceptors (Lipinski definition) is 5. The SMILES string of the molecule is OP(O)CN(Cc1ccccc1)CP(O)O. The van der Waals surface area contributed by atoms with Crippen LogP contribution in [0.1, 0.15) is 5.56 Å². The molecule has 0 bridgehead atoms. The third-order valence-electron chi connectivity index (χ3n) is 1.90. The molecule has 0 amide bonds. The van der Waals surface area contributed by atoms with Crippen LogP contribution in [-0.4, -0.2) is 37.0 Å². The van der Waals surface area contributed by atoms with Crippen LogP contribution in [0, 0.1) is 0 Å². The van der Waals surface area contributed by atoms with Crippen molar-refractivity contribution in [2.75, 3.05) is 12.6 Å². The van der Waals surface area contributed by atoms with E-state index in [0.29, 0.717) is 6.54 Å². The van der Waals surface area contributed by atoms with Gasteiger partial charge >= 0.3 is 0 Å². The third-order valence-corrected chi connectivity index (χ3v) is 3.21. The second kappa shape index (κ2) is 7.25. The Hall–Kier alpha value is -0.120. The van der Waals surface area contributed by atoms with Gasteiger partial charge in [0.05, 0.1) is 12.6 Å². The summed E-state index contributed by atoms with van der Waals surface area (Å²) in [5.74, 6) is 0. The zero-order valence-corrected chi connectivity index (χ0v) is 10.4. The smallest absolute Gasteiger partial charge is 0.180 e. The zero-order valence-electron chi connectivity index (χ0n) is 8.64. The Bertz CT molecular complexity index is 287. The lowest BCUT2D eigenvalue weighted by Gasteiger charge is -2.22. The third kappa shape index (κ3) is 5.83. The summed E-state index contributed by atoms with van der Waals surface area (Å²) in [5.41, 5.74) is 0.996. The van der Waals surface area contributed by atoms with Gasteiger partial charge in [-0.1, -0.05) is 30.3 Å². The molecule has 0 aliphatic carbocycles. The predicted octanol–water partition coefficient (Wildman–Crippen LogP) is 0.997. The molecule has 1 aromatic rings. The van der Waals surface area contributed by atoms with Crippen LogP contribution in [0.25, 0.3) is 0 Å². The summed E-state index contributed by atoms with van der Waals surface area (Å²) < 4.78 is 0. The van der Waals surface area contributed by atoms with Crippen LogP contribution in [0.3, 0.4) is 0 Å². The standard InChI is InChI=1S/C9H15NO4P2/c11-15(12)7-10(8-16(13)14)6-9-4-2-1-3-5-9/h1-5,11-14H,6-8H2. The first kappa shape index (κ1) is 13.9. The molecule has 0 spiro atoms. The molecule has 0 fully saturated rings. The summed E-state index contributed by atoms with van der Waals surface area (Å²) in [6.07, 6.45) is 0.119. The van der Waals surface area contributed by atoms with E-state index in [1.807, 2.05) is 30.3 Å². The maximum absolute atomic E-state index is 8.94. The minimum absolute atomic E-state index is 0.0597. The van der Waals surface area contributed by atoms with E-state index in [1.54, 1.807) is 4.90 Å². The lowest BCUT2D eigenvalue weighted by molar-refractivity contribution is 0.317. The highest BCUT2D eigenvalue weighted by Crippen LogP contribution is 2.31. The van der Waals surface area contributed by atoms with Crippen molar-refractivity contribution in [1.82, 2.24) is 4.90 Å². The summed E-state index contributed by atoms with van der Waals surface area (Å²) in [5, 5.41) is 0. The summed E-state index contributed by atoms with van der Waals surface area (Å²) in [6.45, 7) is 0.473. The number of hydrogen-bond donors (Lipinski definition) is 4. The number of benzene rings is 1. The van der Waals surface area contributed by atoms with Crippen molar-refractivity contribution in [1.29, 1.82) is 0 Å². The van der Waals surface area contributed by atoms with Crippen LogP contribution in [-0.2, 0) is 6.54 Å². The first-order valence-corrected chi connectivity index (χ1v) is 7.51. The number of rotatable bonds is 6. The Morgan fingerprint density at radius 3 is 1.81 bits per heavy atom. The van der Waals surface area contributed by atoms with E-state index in [2.05, 4.69) is 0 Å². The van der Waals surface area contributed by atoms with Gasteiger partial charge in [0, 0.05) is 6.54 Å². The quantitative estimate of drug-likeness (QED) is 0.575. The van der Waals surface area contributed by atoms with Crippen molar-refractivity contribution in [3.05, 3.63) is 35.9 Å². The fourth-order valence-electron chi connectivity index (χ4n) is 1.34. The molecule has 1 rings (SSSR count). The highest BCUT2D eigenvalue weighted by molar-refractivity contribution is 7.46. The molecule has 0 unspecified atom stereocenters. The summed E-state index contributed by atoms with van der Waals surface area (Å²) in [4.78, 5) is 37.4. The highest BCUT2D eigenvalue weighted by atomic mass is 31.2. The van der Waals surface area contributed by atoms with Gasteiger partial charge in [-0.15, -0.1) is 0 Å². The van der Waals surface area contributed by atoms with Crippen LogP contribution in [0.4, 0.5) is 0 Å². The molecule has 16 heavy (non-hydrogen) atoms. The van der Waals surface area contributed by atoms with E-state index in [0.717, 1.165) is 5.56 Å². The van der Waals surface area contributed by atoms with E-state index >= 15 is 0 Å². The molecule has 0 atom stereocenters. The monoisotopic (exact) mass is 263 g/mol. The van der Waals surface area contributed by atoms with Gasteiger partial charge in [-0.25, -0.2) is 0 Å². The molecule has 0 saturated carbocycles. The Morgan fingerprint density at radius 1 is 0.875 bits per heavy atom. The fourth-order valence-corrected chi connectivity index (χ4v) is 2.62. The van der Waals surface area contributed by atoms with E-state index < -0.39 is 16.8 Å². The average Bonchev–Trinajstić information content (AvgIpc) is 2.16. The Balaban J connectivity index is 2.56. The average molecular weight is 263 g/mol. The molecule has 0 aromatic heterocycles. The van der Waals surface area contributed by atoms with Gasteiger partial charge in [0.1, 0.15) is 0 Å².